The minimum atomic E-state index is -0.454. The van der Waals surface area contributed by atoms with Crippen molar-refractivity contribution >= 4 is 17.6 Å². The molecular weight excluding hydrogens is 180 g/mol. The van der Waals surface area contributed by atoms with Crippen LogP contribution in [-0.2, 0) is 4.74 Å². The smallest absolute Gasteiger partial charge is 0.339 e. The molecule has 0 bridgehead atoms. The lowest BCUT2D eigenvalue weighted by molar-refractivity contribution is 0.0599. The molecule has 0 saturated heterocycles. The highest BCUT2D eigenvalue weighted by atomic mass is 35.5. The number of hydrogen-bond donors (Lipinski definition) is 0. The first-order valence-corrected chi connectivity index (χ1v) is 3.61. The van der Waals surface area contributed by atoms with Gasteiger partial charge in [-0.3, -0.25) is 0 Å². The number of rotatable bonds is 1. The van der Waals surface area contributed by atoms with Gasteiger partial charge in [0.05, 0.1) is 18.4 Å². The Labute approximate surface area is 74.5 Å². The summed E-state index contributed by atoms with van der Waals surface area (Å²) < 4.78 is 4.51. The van der Waals surface area contributed by atoms with E-state index in [0.29, 0.717) is 11.3 Å². The van der Waals surface area contributed by atoms with Gasteiger partial charge in [0.1, 0.15) is 0 Å². The van der Waals surface area contributed by atoms with Gasteiger partial charge in [-0.25, -0.2) is 4.79 Å². The summed E-state index contributed by atoms with van der Waals surface area (Å²) >= 11 is 5.54. The molecule has 4 nitrogen and oxygen atoms in total. The predicted octanol–water partition coefficient (Wildman–Crippen LogP) is 1.23. The quantitative estimate of drug-likeness (QED) is 0.619. The number of methoxy groups -OCH3 is 1. The van der Waals surface area contributed by atoms with Crippen molar-refractivity contribution in [2.24, 2.45) is 0 Å². The molecule has 0 radical (unpaired) electrons. The van der Waals surface area contributed by atoms with E-state index in [4.69, 9.17) is 11.6 Å². The number of nitrogens with zero attached hydrogens (tertiary/aromatic N) is 2. The van der Waals surface area contributed by atoms with Crippen molar-refractivity contribution in [2.45, 2.75) is 6.92 Å². The van der Waals surface area contributed by atoms with E-state index in [2.05, 4.69) is 14.9 Å². The highest BCUT2D eigenvalue weighted by Crippen LogP contribution is 2.10. The molecule has 0 unspecified atom stereocenters. The Morgan fingerprint density at radius 3 is 2.83 bits per heavy atom. The summed E-state index contributed by atoms with van der Waals surface area (Å²) in [6.07, 6.45) is 0. The van der Waals surface area contributed by atoms with E-state index in [1.54, 1.807) is 6.92 Å². The van der Waals surface area contributed by atoms with Crippen molar-refractivity contribution < 1.29 is 9.53 Å². The van der Waals surface area contributed by atoms with E-state index in [1.165, 1.54) is 13.2 Å². The van der Waals surface area contributed by atoms with E-state index < -0.39 is 5.97 Å². The Balaban J connectivity index is 3.13. The minimum Gasteiger partial charge on any atom is -0.465 e. The Hall–Kier alpha value is -1.16. The molecule has 0 atom stereocenters. The van der Waals surface area contributed by atoms with E-state index in [0.717, 1.165) is 0 Å². The summed E-state index contributed by atoms with van der Waals surface area (Å²) in [7, 11) is 1.30. The van der Waals surface area contributed by atoms with E-state index in [-0.39, 0.29) is 5.15 Å². The van der Waals surface area contributed by atoms with Crippen LogP contribution in [0.3, 0.4) is 0 Å². The zero-order chi connectivity index (χ0) is 9.14. The molecule has 0 fully saturated rings. The molecule has 5 heteroatoms. The van der Waals surface area contributed by atoms with Gasteiger partial charge >= 0.3 is 5.97 Å². The van der Waals surface area contributed by atoms with Gasteiger partial charge in [-0.2, -0.15) is 5.10 Å². The molecule has 12 heavy (non-hydrogen) atoms. The van der Waals surface area contributed by atoms with Crippen LogP contribution in [-0.4, -0.2) is 23.3 Å². The molecule has 1 heterocycles. The molecule has 0 aromatic carbocycles. The first-order valence-electron chi connectivity index (χ1n) is 3.23. The predicted molar refractivity (Wildman–Crippen MR) is 43.1 cm³/mol. The maximum atomic E-state index is 11.0. The van der Waals surface area contributed by atoms with Crippen LogP contribution in [0, 0.1) is 6.92 Å². The van der Waals surface area contributed by atoms with Gasteiger partial charge in [0, 0.05) is 0 Å². The van der Waals surface area contributed by atoms with E-state index >= 15 is 0 Å². The number of halogens is 1. The highest BCUT2D eigenvalue weighted by Gasteiger charge is 2.10. The summed E-state index contributed by atoms with van der Waals surface area (Å²) in [5.41, 5.74) is 0.851. The molecule has 64 valence electrons. The average molecular weight is 187 g/mol. The third-order valence-electron chi connectivity index (χ3n) is 1.35. The lowest BCUT2D eigenvalue weighted by Gasteiger charge is -2.00. The van der Waals surface area contributed by atoms with Crippen molar-refractivity contribution in [1.29, 1.82) is 0 Å². The van der Waals surface area contributed by atoms with Crippen molar-refractivity contribution in [3.63, 3.8) is 0 Å². The van der Waals surface area contributed by atoms with Crippen molar-refractivity contribution in [3.05, 3.63) is 22.5 Å². The van der Waals surface area contributed by atoms with Crippen LogP contribution in [0.1, 0.15) is 16.1 Å². The van der Waals surface area contributed by atoms with E-state index in [9.17, 15) is 4.79 Å². The zero-order valence-electron chi connectivity index (χ0n) is 6.67. The van der Waals surface area contributed by atoms with Gasteiger partial charge < -0.3 is 4.74 Å². The van der Waals surface area contributed by atoms with Crippen molar-refractivity contribution in [3.8, 4) is 0 Å². The molecule has 0 amide bonds. The Morgan fingerprint density at radius 2 is 2.25 bits per heavy atom. The monoisotopic (exact) mass is 186 g/mol. The molecule has 0 saturated carbocycles. The minimum absolute atomic E-state index is 0.181. The number of hydrogen-bond acceptors (Lipinski definition) is 4. The van der Waals surface area contributed by atoms with Crippen LogP contribution in [0.15, 0.2) is 6.07 Å². The van der Waals surface area contributed by atoms with Gasteiger partial charge in [-0.1, -0.05) is 11.6 Å². The van der Waals surface area contributed by atoms with E-state index in [1.807, 2.05) is 0 Å². The first kappa shape index (κ1) is 8.93. The Morgan fingerprint density at radius 1 is 1.58 bits per heavy atom. The molecule has 0 N–H and O–H groups in total. The second kappa shape index (κ2) is 3.49. The fraction of sp³-hybridized carbons (Fsp3) is 0.286. The molecular formula is C7H7ClN2O2. The maximum absolute atomic E-state index is 11.0. The number of carbonyl (C=O) groups excluding carboxylic acids is 1. The average Bonchev–Trinajstić information content (AvgIpc) is 2.08. The normalized spacial score (nSPS) is 9.58. The molecule has 1 aromatic heterocycles. The van der Waals surface area contributed by atoms with Crippen LogP contribution in [0.2, 0.25) is 5.15 Å². The Bertz CT molecular complexity index is 314. The molecule has 0 aliphatic carbocycles. The zero-order valence-corrected chi connectivity index (χ0v) is 7.42. The SMILES string of the molecule is COC(=O)c1cc(Cl)nnc1C. The standard InChI is InChI=1S/C7H7ClN2O2/c1-4-5(7(11)12-2)3-6(8)10-9-4/h3H,1-2H3. The fourth-order valence-corrected chi connectivity index (χ4v) is 0.893. The second-order valence-electron chi connectivity index (χ2n) is 2.16. The van der Waals surface area contributed by atoms with Crippen LogP contribution >= 0.6 is 11.6 Å². The Kier molecular flexibility index (Phi) is 2.60. The van der Waals surface area contributed by atoms with Crippen LogP contribution in [0.4, 0.5) is 0 Å². The lowest BCUT2D eigenvalue weighted by atomic mass is 10.2. The molecule has 1 rings (SSSR count). The third kappa shape index (κ3) is 1.71. The molecule has 0 aliphatic rings. The maximum Gasteiger partial charge on any atom is 0.339 e. The molecule has 0 aliphatic heterocycles. The molecule has 1 aromatic rings. The summed E-state index contributed by atoms with van der Waals surface area (Å²) in [6, 6.07) is 1.43. The number of ether oxygens (including phenoxy) is 1. The highest BCUT2D eigenvalue weighted by molar-refractivity contribution is 6.29. The van der Waals surface area contributed by atoms with Gasteiger partial charge in [-0.15, -0.1) is 5.10 Å². The lowest BCUT2D eigenvalue weighted by Crippen LogP contribution is -2.06. The van der Waals surface area contributed by atoms with Crippen molar-refractivity contribution in [2.75, 3.05) is 7.11 Å². The van der Waals surface area contributed by atoms with Gasteiger partial charge in [0.15, 0.2) is 5.15 Å². The number of carbonyl (C=O) groups is 1. The van der Waals surface area contributed by atoms with Crippen LogP contribution in [0.5, 0.6) is 0 Å². The third-order valence-corrected chi connectivity index (χ3v) is 1.54. The van der Waals surface area contributed by atoms with Crippen LogP contribution < -0.4 is 0 Å². The number of aromatic nitrogens is 2. The van der Waals surface area contributed by atoms with Crippen molar-refractivity contribution in [1.82, 2.24) is 10.2 Å². The first-order chi connectivity index (χ1) is 5.65. The van der Waals surface area contributed by atoms with Crippen LogP contribution in [0.25, 0.3) is 0 Å². The second-order valence-corrected chi connectivity index (χ2v) is 2.54. The topological polar surface area (TPSA) is 52.1 Å². The fourth-order valence-electron chi connectivity index (χ4n) is 0.746. The number of esters is 1. The summed E-state index contributed by atoms with van der Waals surface area (Å²) in [5, 5.41) is 7.41. The summed E-state index contributed by atoms with van der Waals surface area (Å²) in [6.45, 7) is 1.66. The van der Waals surface area contributed by atoms with Gasteiger partial charge in [-0.05, 0) is 13.0 Å². The summed E-state index contributed by atoms with van der Waals surface area (Å²) in [5.74, 6) is -0.454. The molecule has 0 spiro atoms. The van der Waals surface area contributed by atoms with Gasteiger partial charge in [0.25, 0.3) is 0 Å². The largest absolute Gasteiger partial charge is 0.465 e. The number of aryl methyl sites for hydroxylation is 1. The summed E-state index contributed by atoms with van der Waals surface area (Å²) in [4.78, 5) is 11.0. The van der Waals surface area contributed by atoms with Gasteiger partial charge in [0.2, 0.25) is 0 Å².